The zero-order valence-corrected chi connectivity index (χ0v) is 13.9. The molecule has 0 aliphatic carbocycles. The summed E-state index contributed by atoms with van der Waals surface area (Å²) in [5, 5.41) is 13.7. The molecule has 0 fully saturated rings. The van der Waals surface area contributed by atoms with Gasteiger partial charge < -0.3 is 10.3 Å². The third kappa shape index (κ3) is 3.76. The fourth-order valence-electron chi connectivity index (χ4n) is 2.18. The molecule has 3 aromatic rings. The molecule has 0 atom stereocenters. The summed E-state index contributed by atoms with van der Waals surface area (Å²) in [7, 11) is 0. The van der Waals surface area contributed by atoms with E-state index >= 15 is 0 Å². The van der Waals surface area contributed by atoms with Crippen LogP contribution in [0.4, 0.5) is 11.4 Å². The number of carbonyl (C=O) groups excluding carboxylic acids is 1. The highest BCUT2D eigenvalue weighted by molar-refractivity contribution is 6.30. The molecule has 1 heterocycles. The molecule has 8 nitrogen and oxygen atoms in total. The first-order valence-corrected chi connectivity index (χ1v) is 7.73. The summed E-state index contributed by atoms with van der Waals surface area (Å²) in [6, 6.07) is 12.0. The van der Waals surface area contributed by atoms with Crippen LogP contribution in [0.3, 0.4) is 0 Å². The Hall–Kier alpha value is -3.52. The van der Waals surface area contributed by atoms with Crippen LogP contribution in [-0.4, -0.2) is 20.8 Å². The lowest BCUT2D eigenvalue weighted by Crippen LogP contribution is -2.24. The Morgan fingerprint density at radius 2 is 1.77 bits per heavy atom. The largest absolute Gasteiger partial charge is 0.322 e. The third-order valence-corrected chi connectivity index (χ3v) is 3.75. The summed E-state index contributed by atoms with van der Waals surface area (Å²) in [6.07, 6.45) is 1.17. The predicted octanol–water partition coefficient (Wildman–Crippen LogP) is 3.25. The first-order valence-electron chi connectivity index (χ1n) is 7.35. The van der Waals surface area contributed by atoms with E-state index < -0.39 is 16.4 Å². The quantitative estimate of drug-likeness (QED) is 0.539. The molecule has 0 unspecified atom stereocenters. The van der Waals surface area contributed by atoms with Gasteiger partial charge in [-0.15, -0.1) is 0 Å². The van der Waals surface area contributed by atoms with Gasteiger partial charge in [-0.1, -0.05) is 11.6 Å². The van der Waals surface area contributed by atoms with Crippen molar-refractivity contribution in [2.75, 3.05) is 5.32 Å². The molecule has 2 aromatic carbocycles. The molecule has 9 heteroatoms. The molecule has 0 spiro atoms. The number of aromatic amines is 1. The van der Waals surface area contributed by atoms with Gasteiger partial charge in [-0.05, 0) is 36.4 Å². The van der Waals surface area contributed by atoms with Crippen molar-refractivity contribution in [3.63, 3.8) is 0 Å². The monoisotopic (exact) mass is 370 g/mol. The second-order valence-electron chi connectivity index (χ2n) is 5.24. The smallest absolute Gasteiger partial charge is 0.269 e. The number of carbonyl (C=O) groups is 1. The Labute approximate surface area is 151 Å². The number of H-pyrrole nitrogens is 1. The minimum atomic E-state index is -0.671. The van der Waals surface area contributed by atoms with Gasteiger partial charge in [-0.25, -0.2) is 4.98 Å². The molecule has 2 N–H and O–H groups in total. The second-order valence-corrected chi connectivity index (χ2v) is 5.68. The lowest BCUT2D eigenvalue weighted by Gasteiger charge is -2.06. The zero-order chi connectivity index (χ0) is 18.7. The number of rotatable bonds is 4. The first-order chi connectivity index (χ1) is 12.4. The SMILES string of the molecule is O=C(Nc1ccc([N+](=O)[O-])cc1)c1cnc(-c2ccc(Cl)cc2)[nH]c1=O. The highest BCUT2D eigenvalue weighted by Gasteiger charge is 2.13. The molecule has 0 bridgehead atoms. The normalized spacial score (nSPS) is 10.3. The van der Waals surface area contributed by atoms with Crippen LogP contribution < -0.4 is 10.9 Å². The Kier molecular flexibility index (Phi) is 4.76. The summed E-state index contributed by atoms with van der Waals surface area (Å²) < 4.78 is 0. The highest BCUT2D eigenvalue weighted by atomic mass is 35.5. The molecule has 0 aliphatic rings. The van der Waals surface area contributed by atoms with Crippen LogP contribution in [0.1, 0.15) is 10.4 Å². The number of anilines is 1. The van der Waals surface area contributed by atoms with E-state index in [4.69, 9.17) is 11.6 Å². The Morgan fingerprint density at radius 3 is 2.35 bits per heavy atom. The van der Waals surface area contributed by atoms with Gasteiger partial charge in [0.25, 0.3) is 17.2 Å². The lowest BCUT2D eigenvalue weighted by molar-refractivity contribution is -0.384. The van der Waals surface area contributed by atoms with Gasteiger partial charge >= 0.3 is 0 Å². The number of hydrogen-bond acceptors (Lipinski definition) is 5. The van der Waals surface area contributed by atoms with Crippen molar-refractivity contribution < 1.29 is 9.72 Å². The second kappa shape index (κ2) is 7.16. The molecule has 3 rings (SSSR count). The van der Waals surface area contributed by atoms with Crippen molar-refractivity contribution in [1.29, 1.82) is 0 Å². The molecular weight excluding hydrogens is 360 g/mol. The van der Waals surface area contributed by atoms with Crippen molar-refractivity contribution in [3.05, 3.63) is 85.8 Å². The van der Waals surface area contributed by atoms with Crippen molar-refractivity contribution in [2.24, 2.45) is 0 Å². The van der Waals surface area contributed by atoms with E-state index in [0.29, 0.717) is 22.1 Å². The van der Waals surface area contributed by atoms with Crippen LogP contribution in [0, 0.1) is 10.1 Å². The minimum Gasteiger partial charge on any atom is -0.322 e. The zero-order valence-electron chi connectivity index (χ0n) is 13.1. The van der Waals surface area contributed by atoms with Crippen LogP contribution in [0.2, 0.25) is 5.02 Å². The maximum atomic E-state index is 12.2. The van der Waals surface area contributed by atoms with Crippen molar-refractivity contribution >= 4 is 28.9 Å². The van der Waals surface area contributed by atoms with Gasteiger partial charge in [0.05, 0.1) is 4.92 Å². The van der Waals surface area contributed by atoms with E-state index in [2.05, 4.69) is 15.3 Å². The van der Waals surface area contributed by atoms with E-state index in [1.165, 1.54) is 30.5 Å². The van der Waals surface area contributed by atoms with Crippen LogP contribution in [-0.2, 0) is 0 Å². The number of nitro benzene ring substituents is 1. The highest BCUT2D eigenvalue weighted by Crippen LogP contribution is 2.18. The van der Waals surface area contributed by atoms with Gasteiger partial charge in [-0.2, -0.15) is 0 Å². The maximum Gasteiger partial charge on any atom is 0.269 e. The maximum absolute atomic E-state index is 12.2. The molecule has 130 valence electrons. The van der Waals surface area contributed by atoms with Crippen molar-refractivity contribution in [1.82, 2.24) is 9.97 Å². The molecule has 0 saturated carbocycles. The summed E-state index contributed by atoms with van der Waals surface area (Å²) in [5.74, 6) is -0.367. The molecule has 26 heavy (non-hydrogen) atoms. The fraction of sp³-hybridized carbons (Fsp3) is 0. The standard InChI is InChI=1S/C17H11ClN4O4/c18-11-3-1-10(2-4-11)15-19-9-14(17(24)21-15)16(23)20-12-5-7-13(8-6-12)22(25)26/h1-9H,(H,20,23)(H,19,21,24). The van der Waals surface area contributed by atoms with Crippen molar-refractivity contribution in [2.45, 2.75) is 0 Å². The number of nitro groups is 1. The number of halogens is 1. The van der Waals surface area contributed by atoms with Gasteiger partial charge in [0.1, 0.15) is 11.4 Å². The van der Waals surface area contributed by atoms with E-state index in [1.807, 2.05) is 0 Å². The van der Waals surface area contributed by atoms with E-state index in [0.717, 1.165) is 0 Å². The van der Waals surface area contributed by atoms with Gasteiger partial charge in [-0.3, -0.25) is 19.7 Å². The molecule has 1 amide bonds. The summed E-state index contributed by atoms with van der Waals surface area (Å²) in [4.78, 5) is 41.1. The predicted molar refractivity (Wildman–Crippen MR) is 96.4 cm³/mol. The molecule has 0 radical (unpaired) electrons. The topological polar surface area (TPSA) is 118 Å². The fourth-order valence-corrected chi connectivity index (χ4v) is 2.30. The Morgan fingerprint density at radius 1 is 1.12 bits per heavy atom. The molecular formula is C17H11ClN4O4. The number of hydrogen-bond donors (Lipinski definition) is 2. The molecule has 0 aliphatic heterocycles. The van der Waals surface area contributed by atoms with Gasteiger partial charge in [0, 0.05) is 34.6 Å². The Bertz CT molecular complexity index is 1030. The summed E-state index contributed by atoms with van der Waals surface area (Å²) >= 11 is 5.82. The Balaban J connectivity index is 1.80. The lowest BCUT2D eigenvalue weighted by atomic mass is 10.2. The van der Waals surface area contributed by atoms with Gasteiger partial charge in [0.15, 0.2) is 0 Å². The van der Waals surface area contributed by atoms with Crippen LogP contribution >= 0.6 is 11.6 Å². The minimum absolute atomic E-state index is 0.102. The van der Waals surface area contributed by atoms with Crippen LogP contribution in [0.5, 0.6) is 0 Å². The first kappa shape index (κ1) is 17.3. The number of aromatic nitrogens is 2. The third-order valence-electron chi connectivity index (χ3n) is 3.50. The number of nitrogens with zero attached hydrogens (tertiary/aromatic N) is 2. The molecule has 0 saturated heterocycles. The summed E-state index contributed by atoms with van der Waals surface area (Å²) in [6.45, 7) is 0. The average Bonchev–Trinajstić information content (AvgIpc) is 2.62. The van der Waals surface area contributed by atoms with Crippen molar-refractivity contribution in [3.8, 4) is 11.4 Å². The molecule has 1 aromatic heterocycles. The summed E-state index contributed by atoms with van der Waals surface area (Å²) in [5.41, 5.74) is 0.0795. The van der Waals surface area contributed by atoms with E-state index in [9.17, 15) is 19.7 Å². The number of benzene rings is 2. The van der Waals surface area contributed by atoms with E-state index in [1.54, 1.807) is 24.3 Å². The number of nitrogens with one attached hydrogen (secondary N) is 2. The number of non-ortho nitro benzene ring substituents is 1. The van der Waals surface area contributed by atoms with Gasteiger partial charge in [0.2, 0.25) is 0 Å². The van der Waals surface area contributed by atoms with Crippen LogP contribution in [0.25, 0.3) is 11.4 Å². The van der Waals surface area contributed by atoms with Crippen LogP contribution in [0.15, 0.2) is 59.5 Å². The number of amides is 1. The average molecular weight is 371 g/mol. The van der Waals surface area contributed by atoms with E-state index in [-0.39, 0.29) is 11.3 Å².